The summed E-state index contributed by atoms with van der Waals surface area (Å²) in [6.07, 6.45) is 20.2. The SMILES string of the molecule is CCOC(=O)[C@H]1C[C@@H](C)C2[C@H](O1)[C@H](O[Si](CC)(CC)CC)[C@@]1(C)[C@@H]3CC[C@H]4C(C)(C)[C@@H](C)CCC45C[C@@]35CC[C@]21C.CC[Si](CC)(CC)O[C@H]1[C@H]2O[C@@H](C(=O)N(C)OC)C[C@@H](C)C2[C@@]2(C)CC[C@@]34CC35CC[C@H](C)C(C)(C)[C@@H]5CC[C@H]4[C@]12C.CNOC.Cl. The van der Waals surface area contributed by atoms with Gasteiger partial charge in [0.15, 0.2) is 22.7 Å². The Morgan fingerprint density at radius 2 is 0.886 bits per heavy atom. The van der Waals surface area contributed by atoms with E-state index < -0.39 is 28.8 Å². The molecule has 88 heavy (non-hydrogen) atoms. The fourth-order valence-corrected chi connectivity index (χ4v) is 32.5. The van der Waals surface area contributed by atoms with Crippen LogP contribution in [0.4, 0.5) is 0 Å². The zero-order valence-corrected chi connectivity index (χ0v) is 63.3. The summed E-state index contributed by atoms with van der Waals surface area (Å²) in [5.74, 6) is 6.23. The van der Waals surface area contributed by atoms with E-state index in [0.29, 0.717) is 74.6 Å². The lowest BCUT2D eigenvalue weighted by Gasteiger charge is -2.64. The Hall–Kier alpha value is -0.616. The van der Waals surface area contributed by atoms with Crippen molar-refractivity contribution in [2.75, 3.05) is 34.9 Å². The fraction of sp³-hybridized carbons (Fsp3) is 0.973. The van der Waals surface area contributed by atoms with E-state index in [1.807, 2.05) is 6.92 Å². The number of halogens is 1. The number of ether oxygens (including phenoxy) is 3. The van der Waals surface area contributed by atoms with Gasteiger partial charge in [-0.15, -0.1) is 12.4 Å². The highest BCUT2D eigenvalue weighted by Crippen LogP contribution is 2.92. The van der Waals surface area contributed by atoms with E-state index >= 15 is 0 Å². The average Bonchev–Trinajstić information content (AvgIpc) is 1.47. The van der Waals surface area contributed by atoms with E-state index in [9.17, 15) is 9.59 Å². The van der Waals surface area contributed by atoms with E-state index in [2.05, 4.69) is 135 Å². The number of carbonyl (C=O) groups is 2. The first-order chi connectivity index (χ1) is 40.9. The minimum Gasteiger partial charge on any atom is -0.464 e. The highest BCUT2D eigenvalue weighted by atomic mass is 35.5. The van der Waals surface area contributed by atoms with Gasteiger partial charge in [0.1, 0.15) is 6.10 Å². The molecule has 0 aromatic carbocycles. The number of carbonyl (C=O) groups excluding carboxylic acids is 2. The van der Waals surface area contributed by atoms with E-state index in [-0.39, 0.29) is 70.4 Å². The van der Waals surface area contributed by atoms with Crippen LogP contribution in [0.5, 0.6) is 0 Å². The minimum absolute atomic E-state index is 0. The van der Waals surface area contributed by atoms with Crippen molar-refractivity contribution < 1.29 is 42.3 Å². The van der Waals surface area contributed by atoms with Gasteiger partial charge in [0.05, 0.1) is 45.2 Å². The highest BCUT2D eigenvalue weighted by molar-refractivity contribution is 6.74. The zero-order valence-electron chi connectivity index (χ0n) is 60.5. The molecule has 14 heteroatoms. The van der Waals surface area contributed by atoms with Crippen molar-refractivity contribution in [3.63, 3.8) is 0 Å². The maximum atomic E-state index is 13.5. The number of amides is 1. The largest absolute Gasteiger partial charge is 0.464 e. The summed E-state index contributed by atoms with van der Waals surface area (Å²) < 4.78 is 35.2. The Morgan fingerprint density at radius 3 is 1.24 bits per heavy atom. The van der Waals surface area contributed by atoms with Gasteiger partial charge < -0.3 is 27.9 Å². The molecule has 10 aliphatic carbocycles. The van der Waals surface area contributed by atoms with Crippen LogP contribution in [0.25, 0.3) is 0 Å². The summed E-state index contributed by atoms with van der Waals surface area (Å²) in [6.45, 7) is 47.5. The monoisotopic (exact) mass is 1280 g/mol. The standard InChI is InChI=1S/C36H63NO4Si.C36H62O4Si.C2H7NO.ClH/c1-12-42(13-2,14-3)41-30-29-28(23(4)21-25(40-29)31(38)37(10)39-11)33(8)19-20-36-22-35(36)18-17-24(5)32(6,7)26(35)15-16-27(36)34(30,33)9;1-11-38-31(37)25-21-23(5)28-29(39-25)30(40-41(12-2,13-3)14-4)34(10)27-16-15-26-32(7,8)24(6)17-18-35(26)22-36(27,35)20-19-33(28,34)9;1-3-4-2;/h23-30H,12-22H2,1-11H3;23-30H,11-22H2,1-10H3;3H,1-2H3;1H/t2*23-,24+,25-,26+,27+,28?,29+,30+,33-,34-,35?,36+;;/m11../s1. The van der Waals surface area contributed by atoms with E-state index in [0.717, 1.165) is 72.8 Å². The molecule has 0 radical (unpaired) electrons. The van der Waals surface area contributed by atoms with Gasteiger partial charge in [0.2, 0.25) is 0 Å². The summed E-state index contributed by atoms with van der Waals surface area (Å²) in [5.41, 5.74) is 5.78. The summed E-state index contributed by atoms with van der Waals surface area (Å²) in [6, 6.07) is 6.93. The van der Waals surface area contributed by atoms with Crippen molar-refractivity contribution in [1.29, 1.82) is 0 Å². The van der Waals surface area contributed by atoms with Gasteiger partial charge in [-0.3, -0.25) is 9.63 Å². The molecule has 12 aliphatic rings. The molecule has 4 spiro atoms. The van der Waals surface area contributed by atoms with Crippen molar-refractivity contribution in [2.24, 2.45) is 113 Å². The summed E-state index contributed by atoms with van der Waals surface area (Å²) in [5, 5.41) is 1.37. The van der Waals surface area contributed by atoms with Gasteiger partial charge >= 0.3 is 5.97 Å². The molecule has 2 saturated heterocycles. The maximum absolute atomic E-state index is 13.5. The number of esters is 1. The third kappa shape index (κ3) is 9.78. The quantitative estimate of drug-likeness (QED) is 0.0966. The predicted octanol–water partition coefficient (Wildman–Crippen LogP) is 17.7. The number of hydrogen-bond acceptors (Lipinski definition) is 10. The number of fused-ring (bicyclic) bond motifs is 8. The predicted molar refractivity (Wildman–Crippen MR) is 362 cm³/mol. The maximum Gasteiger partial charge on any atom is 0.335 e. The Morgan fingerprint density at radius 1 is 0.534 bits per heavy atom. The van der Waals surface area contributed by atoms with Crippen LogP contribution in [0.15, 0.2) is 0 Å². The number of hydroxylamine groups is 3. The molecule has 12 rings (SSSR count). The van der Waals surface area contributed by atoms with Crippen LogP contribution in [0.1, 0.15) is 234 Å². The third-order valence-corrected chi connectivity index (χ3v) is 42.1. The molecule has 508 valence electrons. The van der Waals surface area contributed by atoms with Crippen molar-refractivity contribution in [2.45, 2.75) is 307 Å². The van der Waals surface area contributed by atoms with Crippen molar-refractivity contribution in [3.8, 4) is 0 Å². The van der Waals surface area contributed by atoms with Crippen LogP contribution in [-0.4, -0.2) is 105 Å². The lowest BCUT2D eigenvalue weighted by Crippen LogP contribution is -2.60. The number of rotatable bonds is 15. The van der Waals surface area contributed by atoms with Crippen LogP contribution in [0.3, 0.4) is 0 Å². The summed E-state index contributed by atoms with van der Waals surface area (Å²) >= 11 is 0. The first kappa shape index (κ1) is 71.7. The van der Waals surface area contributed by atoms with Crippen molar-refractivity contribution in [1.82, 2.24) is 10.5 Å². The number of hydrogen-bond donors (Lipinski definition) is 1. The number of nitrogens with one attached hydrogen (secondary N) is 1. The van der Waals surface area contributed by atoms with Gasteiger partial charge in [0, 0.05) is 24.9 Å². The van der Waals surface area contributed by atoms with Gasteiger partial charge in [-0.1, -0.05) is 125 Å². The third-order valence-electron chi connectivity index (χ3n) is 32.9. The lowest BCUT2D eigenvalue weighted by molar-refractivity contribution is -0.199. The molecule has 0 aromatic rings. The molecule has 10 saturated carbocycles. The first-order valence-electron chi connectivity index (χ1n) is 36.7. The molecular weight excluding hydrogens is 1150 g/mol. The smallest absolute Gasteiger partial charge is 0.335 e. The lowest BCUT2D eigenvalue weighted by atomic mass is 9.41. The molecule has 4 unspecified atom stereocenters. The molecule has 24 atom stereocenters. The number of nitrogens with zero attached hydrogens (tertiary/aromatic N) is 1. The first-order valence-corrected chi connectivity index (χ1v) is 41.8. The van der Waals surface area contributed by atoms with Gasteiger partial charge in [-0.2, -0.15) is 0 Å². The van der Waals surface area contributed by atoms with Gasteiger partial charge in [0.25, 0.3) is 5.91 Å². The summed E-state index contributed by atoms with van der Waals surface area (Å²) in [7, 11) is 2.69. The Kier molecular flexibility index (Phi) is 20.2. The number of likely N-dealkylation sites (N-methyl/N-ethyl adjacent to an activating group) is 1. The second kappa shape index (κ2) is 24.8. The van der Waals surface area contributed by atoms with Crippen LogP contribution >= 0.6 is 12.4 Å². The topological polar surface area (TPSA) is 114 Å². The van der Waals surface area contributed by atoms with E-state index in [1.54, 1.807) is 28.3 Å². The second-order valence-corrected chi connectivity index (χ2v) is 44.1. The molecule has 2 heterocycles. The molecule has 0 aromatic heterocycles. The van der Waals surface area contributed by atoms with Crippen LogP contribution in [0.2, 0.25) is 36.3 Å². The van der Waals surface area contributed by atoms with Crippen LogP contribution in [0, 0.1) is 113 Å². The zero-order chi connectivity index (χ0) is 63.9. The highest BCUT2D eigenvalue weighted by Gasteiger charge is 2.87. The molecule has 12 fully saturated rings. The van der Waals surface area contributed by atoms with Crippen LogP contribution in [-0.2, 0) is 42.3 Å². The van der Waals surface area contributed by atoms with Gasteiger partial charge in [-0.25, -0.2) is 15.3 Å². The Labute approximate surface area is 546 Å². The normalized spacial score (nSPS) is 48.4. The minimum atomic E-state index is -1.95. The van der Waals surface area contributed by atoms with E-state index in [4.69, 9.17) is 27.9 Å². The van der Waals surface area contributed by atoms with Crippen molar-refractivity contribution in [3.05, 3.63) is 0 Å². The van der Waals surface area contributed by atoms with Gasteiger partial charge in [-0.05, 0) is 248 Å². The average molecular weight is 1290 g/mol. The second-order valence-electron chi connectivity index (χ2n) is 34.7. The Balaban J connectivity index is 0.000000195. The molecule has 1 N–H and O–H groups in total. The molecule has 11 nitrogen and oxygen atoms in total. The fourth-order valence-electron chi connectivity index (χ4n) is 26.6. The molecule has 2 aliphatic heterocycles. The molecule has 1 amide bonds. The Bertz CT molecular complexity index is 2480. The summed E-state index contributed by atoms with van der Waals surface area (Å²) in [4.78, 5) is 36.2. The molecular formula is C74H133ClN2O9Si2. The van der Waals surface area contributed by atoms with Crippen molar-refractivity contribution >= 4 is 40.9 Å². The van der Waals surface area contributed by atoms with Crippen LogP contribution < -0.4 is 5.48 Å². The van der Waals surface area contributed by atoms with E-state index in [1.165, 1.54) is 95.0 Å². The molecule has 0 bridgehead atoms.